The fourth-order valence-corrected chi connectivity index (χ4v) is 2.78. The molecule has 0 N–H and O–H groups in total. The summed E-state index contributed by atoms with van der Waals surface area (Å²) in [4.78, 5) is 0. The van der Waals surface area contributed by atoms with Gasteiger partial charge in [0.15, 0.2) is 0 Å². The monoisotopic (exact) mass is 406 g/mol. The Kier molecular flexibility index (Phi) is 5.77. The van der Waals surface area contributed by atoms with Crippen LogP contribution in [0, 0.1) is 0 Å². The Bertz CT molecular complexity index is 775. The molecule has 3 rings (SSSR count). The van der Waals surface area contributed by atoms with E-state index in [1.165, 1.54) is 11.8 Å². The predicted octanol–water partition coefficient (Wildman–Crippen LogP) is 4.68. The highest BCUT2D eigenvalue weighted by Crippen LogP contribution is 2.25. The smallest absolute Gasteiger partial charge is 0.276 e. The van der Waals surface area contributed by atoms with Crippen LogP contribution in [-0.4, -0.2) is 29.7 Å². The summed E-state index contributed by atoms with van der Waals surface area (Å²) >= 11 is 4.86. The second kappa shape index (κ2) is 8.21. The molecule has 5 nitrogen and oxygen atoms in total. The molecule has 0 saturated carbocycles. The van der Waals surface area contributed by atoms with E-state index in [0.717, 1.165) is 27.3 Å². The normalized spacial score (nSPS) is 10.6. The van der Waals surface area contributed by atoms with Gasteiger partial charge in [-0.25, -0.2) is 0 Å². The van der Waals surface area contributed by atoms with E-state index >= 15 is 0 Å². The SMILES string of the molecule is COc1ccc(-c2nnc(SCCOc3ccc(Br)cc3)o2)cc1. The lowest BCUT2D eigenvalue weighted by molar-refractivity contribution is 0.343. The number of benzene rings is 2. The first-order valence-corrected chi connectivity index (χ1v) is 9.01. The lowest BCUT2D eigenvalue weighted by atomic mass is 10.2. The highest BCUT2D eigenvalue weighted by Gasteiger charge is 2.09. The maximum atomic E-state index is 5.65. The van der Waals surface area contributed by atoms with Crippen molar-refractivity contribution in [1.29, 1.82) is 0 Å². The molecule has 1 heterocycles. The molecule has 1 aromatic heterocycles. The van der Waals surface area contributed by atoms with E-state index in [9.17, 15) is 0 Å². The second-order valence-corrected chi connectivity index (χ2v) is 6.71. The summed E-state index contributed by atoms with van der Waals surface area (Å²) in [6, 6.07) is 15.2. The number of hydrogen-bond donors (Lipinski definition) is 0. The number of aromatic nitrogens is 2. The lowest BCUT2D eigenvalue weighted by Gasteiger charge is -2.04. The van der Waals surface area contributed by atoms with Crippen LogP contribution < -0.4 is 9.47 Å². The molecule has 3 aromatic rings. The van der Waals surface area contributed by atoms with Gasteiger partial charge in [0.1, 0.15) is 11.5 Å². The molecule has 0 aliphatic heterocycles. The summed E-state index contributed by atoms with van der Waals surface area (Å²) in [5, 5.41) is 8.64. The van der Waals surface area contributed by atoms with E-state index in [1.807, 2.05) is 48.5 Å². The minimum absolute atomic E-state index is 0.494. The van der Waals surface area contributed by atoms with E-state index in [1.54, 1.807) is 7.11 Å². The maximum absolute atomic E-state index is 5.65. The van der Waals surface area contributed by atoms with Crippen molar-refractivity contribution in [2.24, 2.45) is 0 Å². The number of methoxy groups -OCH3 is 1. The minimum atomic E-state index is 0.494. The van der Waals surface area contributed by atoms with Crippen molar-refractivity contribution in [3.8, 4) is 23.0 Å². The summed E-state index contributed by atoms with van der Waals surface area (Å²) < 4.78 is 17.5. The van der Waals surface area contributed by atoms with Gasteiger partial charge in [0.05, 0.1) is 13.7 Å². The summed E-state index contributed by atoms with van der Waals surface area (Å²) in [5.74, 6) is 2.84. The van der Waals surface area contributed by atoms with E-state index in [4.69, 9.17) is 13.9 Å². The van der Waals surface area contributed by atoms with Gasteiger partial charge in [0, 0.05) is 15.8 Å². The molecular formula is C17H15BrN2O3S. The number of ether oxygens (including phenoxy) is 2. The van der Waals surface area contributed by atoms with E-state index < -0.39 is 0 Å². The standard InChI is InChI=1S/C17H15BrN2O3S/c1-21-14-6-2-12(3-7-14)16-19-20-17(23-16)24-11-10-22-15-8-4-13(18)5-9-15/h2-9H,10-11H2,1H3. The van der Waals surface area contributed by atoms with Crippen LogP contribution in [0.3, 0.4) is 0 Å². The van der Waals surface area contributed by atoms with Gasteiger partial charge in [-0.05, 0) is 48.5 Å². The third kappa shape index (κ3) is 4.52. The molecule has 0 saturated heterocycles. The average molecular weight is 407 g/mol. The second-order valence-electron chi connectivity index (χ2n) is 4.75. The molecule has 24 heavy (non-hydrogen) atoms. The van der Waals surface area contributed by atoms with Crippen LogP contribution in [-0.2, 0) is 0 Å². The van der Waals surface area contributed by atoms with Crippen LogP contribution in [0.4, 0.5) is 0 Å². The number of thioether (sulfide) groups is 1. The molecule has 0 fully saturated rings. The Morgan fingerprint density at radius 1 is 1.00 bits per heavy atom. The van der Waals surface area contributed by atoms with E-state index in [2.05, 4.69) is 26.1 Å². The molecule has 0 aliphatic rings. The van der Waals surface area contributed by atoms with Crippen molar-refractivity contribution in [3.05, 3.63) is 53.0 Å². The van der Waals surface area contributed by atoms with Crippen LogP contribution in [0.1, 0.15) is 0 Å². The maximum Gasteiger partial charge on any atom is 0.276 e. The van der Waals surface area contributed by atoms with Crippen LogP contribution in [0.2, 0.25) is 0 Å². The van der Waals surface area contributed by atoms with Crippen molar-refractivity contribution < 1.29 is 13.9 Å². The highest BCUT2D eigenvalue weighted by molar-refractivity contribution is 9.10. The van der Waals surface area contributed by atoms with Crippen molar-refractivity contribution in [2.75, 3.05) is 19.5 Å². The van der Waals surface area contributed by atoms with Gasteiger partial charge < -0.3 is 13.9 Å². The first-order chi connectivity index (χ1) is 11.7. The molecule has 0 aliphatic carbocycles. The van der Waals surface area contributed by atoms with Gasteiger partial charge in [-0.15, -0.1) is 10.2 Å². The first-order valence-electron chi connectivity index (χ1n) is 7.24. The van der Waals surface area contributed by atoms with Crippen molar-refractivity contribution >= 4 is 27.7 Å². The van der Waals surface area contributed by atoms with Crippen LogP contribution in [0.25, 0.3) is 11.5 Å². The number of hydrogen-bond acceptors (Lipinski definition) is 6. The molecule has 7 heteroatoms. The zero-order valence-corrected chi connectivity index (χ0v) is 15.3. The molecule has 0 atom stereocenters. The fourth-order valence-electron chi connectivity index (χ4n) is 1.94. The summed E-state index contributed by atoms with van der Waals surface area (Å²) in [6.07, 6.45) is 0. The number of rotatable bonds is 7. The third-order valence-electron chi connectivity index (χ3n) is 3.13. The largest absolute Gasteiger partial charge is 0.497 e. The van der Waals surface area contributed by atoms with Crippen molar-refractivity contribution in [2.45, 2.75) is 5.22 Å². The lowest BCUT2D eigenvalue weighted by Crippen LogP contribution is -1.99. The van der Waals surface area contributed by atoms with Crippen LogP contribution >= 0.6 is 27.7 Å². The minimum Gasteiger partial charge on any atom is -0.497 e. The number of halogens is 1. The summed E-state index contributed by atoms with van der Waals surface area (Å²) in [5.41, 5.74) is 0.862. The van der Waals surface area contributed by atoms with E-state index in [-0.39, 0.29) is 0 Å². The molecule has 124 valence electrons. The molecular weight excluding hydrogens is 392 g/mol. The summed E-state index contributed by atoms with van der Waals surface area (Å²) in [7, 11) is 1.63. The summed E-state index contributed by atoms with van der Waals surface area (Å²) in [6.45, 7) is 0.562. The third-order valence-corrected chi connectivity index (χ3v) is 4.45. The molecule has 0 bridgehead atoms. The molecule has 0 radical (unpaired) electrons. The van der Waals surface area contributed by atoms with Crippen LogP contribution in [0.15, 0.2) is 62.6 Å². The van der Waals surface area contributed by atoms with Gasteiger partial charge in [-0.1, -0.05) is 27.7 Å². The van der Waals surface area contributed by atoms with Crippen molar-refractivity contribution in [3.63, 3.8) is 0 Å². The zero-order chi connectivity index (χ0) is 16.8. The van der Waals surface area contributed by atoms with Gasteiger partial charge in [-0.2, -0.15) is 0 Å². The topological polar surface area (TPSA) is 57.4 Å². The van der Waals surface area contributed by atoms with Crippen molar-refractivity contribution in [1.82, 2.24) is 10.2 Å². The van der Waals surface area contributed by atoms with E-state index in [0.29, 0.717) is 17.7 Å². The Labute approximate surface area is 152 Å². The van der Waals surface area contributed by atoms with Gasteiger partial charge in [0.2, 0.25) is 5.89 Å². The molecule has 2 aromatic carbocycles. The Morgan fingerprint density at radius 2 is 1.71 bits per heavy atom. The molecule has 0 unspecified atom stereocenters. The predicted molar refractivity (Wildman–Crippen MR) is 96.6 cm³/mol. The first kappa shape index (κ1) is 16.9. The Balaban J connectivity index is 1.49. The van der Waals surface area contributed by atoms with Crippen LogP contribution in [0.5, 0.6) is 11.5 Å². The number of nitrogens with zero attached hydrogens (tertiary/aromatic N) is 2. The molecule has 0 amide bonds. The average Bonchev–Trinajstić information content (AvgIpc) is 3.09. The fraction of sp³-hybridized carbons (Fsp3) is 0.176. The highest BCUT2D eigenvalue weighted by atomic mass is 79.9. The molecule has 0 spiro atoms. The Hall–Kier alpha value is -1.99. The quantitative estimate of drug-likeness (QED) is 0.419. The van der Waals surface area contributed by atoms with Gasteiger partial charge in [-0.3, -0.25) is 0 Å². The van der Waals surface area contributed by atoms with Gasteiger partial charge >= 0.3 is 0 Å². The zero-order valence-electron chi connectivity index (χ0n) is 12.9. The van der Waals surface area contributed by atoms with Gasteiger partial charge in [0.25, 0.3) is 5.22 Å². The Morgan fingerprint density at radius 3 is 2.42 bits per heavy atom.